The van der Waals surface area contributed by atoms with Gasteiger partial charge in [0.15, 0.2) is 0 Å². The molecule has 1 aliphatic rings. The van der Waals surface area contributed by atoms with Crippen molar-refractivity contribution in [2.45, 2.75) is 6.54 Å². The maximum Gasteiger partial charge on any atom is 0.255 e. The first-order valence-electron chi connectivity index (χ1n) is 9.73. The van der Waals surface area contributed by atoms with Crippen LogP contribution in [0, 0.1) is 5.82 Å². The lowest BCUT2D eigenvalue weighted by atomic mass is 10.2. The van der Waals surface area contributed by atoms with E-state index in [4.69, 9.17) is 0 Å². The van der Waals surface area contributed by atoms with Gasteiger partial charge in [-0.2, -0.15) is 0 Å². The summed E-state index contributed by atoms with van der Waals surface area (Å²) in [5.41, 5.74) is 2.33. The zero-order valence-corrected chi connectivity index (χ0v) is 16.1. The van der Waals surface area contributed by atoms with E-state index in [2.05, 4.69) is 10.3 Å². The molecule has 2 aromatic carbocycles. The number of hydrogen-bond acceptors (Lipinski definition) is 4. The second kappa shape index (κ2) is 8.73. The molecule has 0 radical (unpaired) electrons. The standard InChI is InChI=1S/C23H23FN4O/c24-20-8-4-5-9-21(20)27-12-14-28(15-13-27)23(29)19-10-11-22(26-17-19)25-16-18-6-2-1-3-7-18/h1-11,17H,12-16H2,(H,25,26). The van der Waals surface area contributed by atoms with E-state index >= 15 is 0 Å². The molecule has 1 amide bonds. The van der Waals surface area contributed by atoms with Crippen molar-refractivity contribution in [3.05, 3.63) is 89.9 Å². The van der Waals surface area contributed by atoms with Gasteiger partial charge in [-0.05, 0) is 29.8 Å². The number of rotatable bonds is 5. The summed E-state index contributed by atoms with van der Waals surface area (Å²) in [7, 11) is 0. The summed E-state index contributed by atoms with van der Waals surface area (Å²) in [6, 6.07) is 20.5. The Morgan fingerprint density at radius 2 is 1.66 bits per heavy atom. The molecule has 0 aliphatic carbocycles. The number of hydrogen-bond donors (Lipinski definition) is 1. The Morgan fingerprint density at radius 3 is 2.34 bits per heavy atom. The Kier molecular flexibility index (Phi) is 5.70. The van der Waals surface area contributed by atoms with E-state index in [0.29, 0.717) is 44.0 Å². The highest BCUT2D eigenvalue weighted by Crippen LogP contribution is 2.21. The second-order valence-electron chi connectivity index (χ2n) is 7.00. The molecule has 1 fully saturated rings. The zero-order valence-electron chi connectivity index (χ0n) is 16.1. The van der Waals surface area contributed by atoms with Crippen molar-refractivity contribution < 1.29 is 9.18 Å². The van der Waals surface area contributed by atoms with Gasteiger partial charge in [0.05, 0.1) is 11.3 Å². The Hall–Kier alpha value is -3.41. The molecular weight excluding hydrogens is 367 g/mol. The van der Waals surface area contributed by atoms with Gasteiger partial charge in [-0.25, -0.2) is 9.37 Å². The third kappa shape index (κ3) is 4.54. The predicted molar refractivity (Wildman–Crippen MR) is 113 cm³/mol. The number of nitrogens with zero attached hydrogens (tertiary/aromatic N) is 3. The van der Waals surface area contributed by atoms with Gasteiger partial charge in [0.1, 0.15) is 11.6 Å². The number of benzene rings is 2. The van der Waals surface area contributed by atoms with Crippen molar-refractivity contribution in [3.63, 3.8) is 0 Å². The lowest BCUT2D eigenvalue weighted by Gasteiger charge is -2.36. The Bertz CT molecular complexity index is 954. The molecule has 1 aliphatic heterocycles. The van der Waals surface area contributed by atoms with Crippen LogP contribution in [0.2, 0.25) is 0 Å². The van der Waals surface area contributed by atoms with E-state index in [9.17, 15) is 9.18 Å². The summed E-state index contributed by atoms with van der Waals surface area (Å²) in [6.07, 6.45) is 1.61. The van der Waals surface area contributed by atoms with Crippen LogP contribution in [-0.2, 0) is 6.54 Å². The molecular formula is C23H23FN4O. The van der Waals surface area contributed by atoms with Crippen LogP contribution >= 0.6 is 0 Å². The quantitative estimate of drug-likeness (QED) is 0.720. The number of nitrogens with one attached hydrogen (secondary N) is 1. The second-order valence-corrected chi connectivity index (χ2v) is 7.00. The molecule has 0 bridgehead atoms. The number of carbonyl (C=O) groups excluding carboxylic acids is 1. The van der Waals surface area contributed by atoms with Gasteiger partial charge in [-0.15, -0.1) is 0 Å². The summed E-state index contributed by atoms with van der Waals surface area (Å²) in [5.74, 6) is 0.463. The number of piperazine rings is 1. The molecule has 148 valence electrons. The highest BCUT2D eigenvalue weighted by molar-refractivity contribution is 5.94. The first-order chi connectivity index (χ1) is 14.2. The van der Waals surface area contributed by atoms with E-state index in [1.807, 2.05) is 47.4 Å². The number of amides is 1. The van der Waals surface area contributed by atoms with Crippen molar-refractivity contribution in [1.82, 2.24) is 9.88 Å². The molecule has 0 saturated carbocycles. The van der Waals surface area contributed by atoms with Crippen LogP contribution in [-0.4, -0.2) is 42.0 Å². The molecule has 1 saturated heterocycles. The summed E-state index contributed by atoms with van der Waals surface area (Å²) in [6.45, 7) is 3.01. The summed E-state index contributed by atoms with van der Waals surface area (Å²) < 4.78 is 14.0. The summed E-state index contributed by atoms with van der Waals surface area (Å²) >= 11 is 0. The molecule has 5 nitrogen and oxygen atoms in total. The number of aromatic nitrogens is 1. The minimum absolute atomic E-state index is 0.0414. The van der Waals surface area contributed by atoms with E-state index in [0.717, 1.165) is 5.82 Å². The van der Waals surface area contributed by atoms with Crippen LogP contribution in [0.1, 0.15) is 15.9 Å². The third-order valence-electron chi connectivity index (χ3n) is 5.09. The molecule has 4 rings (SSSR count). The Balaban J connectivity index is 1.32. The van der Waals surface area contributed by atoms with Gasteiger partial charge in [-0.1, -0.05) is 42.5 Å². The third-order valence-corrected chi connectivity index (χ3v) is 5.09. The molecule has 1 N–H and O–H groups in total. The average Bonchev–Trinajstić information content (AvgIpc) is 2.79. The first kappa shape index (κ1) is 18.9. The smallest absolute Gasteiger partial charge is 0.255 e. The van der Waals surface area contributed by atoms with Gasteiger partial charge in [0.2, 0.25) is 0 Å². The first-order valence-corrected chi connectivity index (χ1v) is 9.73. The Morgan fingerprint density at radius 1 is 0.931 bits per heavy atom. The van der Waals surface area contributed by atoms with E-state index in [1.165, 1.54) is 11.6 Å². The topological polar surface area (TPSA) is 48.5 Å². The normalized spacial score (nSPS) is 14.0. The lowest BCUT2D eigenvalue weighted by Crippen LogP contribution is -2.49. The number of carbonyl (C=O) groups is 1. The minimum atomic E-state index is -0.227. The highest BCUT2D eigenvalue weighted by atomic mass is 19.1. The van der Waals surface area contributed by atoms with Gasteiger partial charge in [0.25, 0.3) is 5.91 Å². The zero-order chi connectivity index (χ0) is 20.1. The molecule has 29 heavy (non-hydrogen) atoms. The van der Waals surface area contributed by atoms with Crippen LogP contribution in [0.4, 0.5) is 15.9 Å². The van der Waals surface area contributed by atoms with Gasteiger partial charge >= 0.3 is 0 Å². The van der Waals surface area contributed by atoms with Gasteiger partial charge < -0.3 is 15.1 Å². The highest BCUT2D eigenvalue weighted by Gasteiger charge is 2.23. The largest absolute Gasteiger partial charge is 0.366 e. The van der Waals surface area contributed by atoms with Crippen molar-refractivity contribution in [1.29, 1.82) is 0 Å². The van der Waals surface area contributed by atoms with Gasteiger partial charge in [-0.3, -0.25) is 4.79 Å². The van der Waals surface area contributed by atoms with Crippen molar-refractivity contribution in [2.75, 3.05) is 36.4 Å². The van der Waals surface area contributed by atoms with Crippen LogP contribution in [0.5, 0.6) is 0 Å². The number of pyridine rings is 1. The molecule has 0 atom stereocenters. The van der Waals surface area contributed by atoms with Crippen molar-refractivity contribution in [2.24, 2.45) is 0 Å². The molecule has 1 aromatic heterocycles. The number of anilines is 2. The monoisotopic (exact) mass is 390 g/mol. The molecule has 0 spiro atoms. The summed E-state index contributed by atoms with van der Waals surface area (Å²) in [5, 5.41) is 3.26. The van der Waals surface area contributed by atoms with E-state index < -0.39 is 0 Å². The van der Waals surface area contributed by atoms with Crippen LogP contribution in [0.15, 0.2) is 72.9 Å². The number of halogens is 1. The van der Waals surface area contributed by atoms with E-state index in [1.54, 1.807) is 29.3 Å². The summed E-state index contributed by atoms with van der Waals surface area (Å²) in [4.78, 5) is 20.9. The van der Waals surface area contributed by atoms with Crippen LogP contribution in [0.3, 0.4) is 0 Å². The fourth-order valence-electron chi connectivity index (χ4n) is 3.45. The average molecular weight is 390 g/mol. The fourth-order valence-corrected chi connectivity index (χ4v) is 3.45. The molecule has 3 aromatic rings. The minimum Gasteiger partial charge on any atom is -0.366 e. The maximum atomic E-state index is 14.0. The predicted octanol–water partition coefficient (Wildman–Crippen LogP) is 3.80. The number of para-hydroxylation sites is 1. The van der Waals surface area contributed by atoms with E-state index in [-0.39, 0.29) is 11.7 Å². The molecule has 0 unspecified atom stereocenters. The SMILES string of the molecule is O=C(c1ccc(NCc2ccccc2)nc1)N1CCN(c2ccccc2F)CC1. The van der Waals surface area contributed by atoms with Crippen molar-refractivity contribution in [3.8, 4) is 0 Å². The Labute approximate surface area is 169 Å². The van der Waals surface area contributed by atoms with Crippen LogP contribution < -0.4 is 10.2 Å². The fraction of sp³-hybridized carbons (Fsp3) is 0.217. The molecule has 6 heteroatoms. The maximum absolute atomic E-state index is 14.0. The lowest BCUT2D eigenvalue weighted by molar-refractivity contribution is 0.0746. The van der Waals surface area contributed by atoms with Crippen LogP contribution in [0.25, 0.3) is 0 Å². The van der Waals surface area contributed by atoms with Crippen molar-refractivity contribution >= 4 is 17.4 Å². The molecule has 2 heterocycles. The van der Waals surface area contributed by atoms with Gasteiger partial charge in [0, 0.05) is 38.9 Å².